The summed E-state index contributed by atoms with van der Waals surface area (Å²) in [5.41, 5.74) is 0. The lowest BCUT2D eigenvalue weighted by atomic mass is 10.1. The molecule has 2 aromatic carbocycles. The van der Waals surface area contributed by atoms with Crippen LogP contribution in [-0.4, -0.2) is 63.5 Å². The number of sulfonamides is 1. The molecule has 6 heteroatoms. The van der Waals surface area contributed by atoms with Crippen LogP contribution in [0, 0.1) is 0 Å². The monoisotopic (exact) mass is 403 g/mol. The first-order valence-corrected chi connectivity index (χ1v) is 11.9. The Kier molecular flexibility index (Phi) is 7.46. The number of hydrogen-bond acceptors (Lipinski definition) is 4. The third kappa shape index (κ3) is 5.77. The van der Waals surface area contributed by atoms with Gasteiger partial charge in [-0.3, -0.25) is 4.90 Å². The number of nitrogens with zero attached hydrogens (tertiary/aromatic N) is 2. The van der Waals surface area contributed by atoms with Crippen molar-refractivity contribution < 1.29 is 8.42 Å². The van der Waals surface area contributed by atoms with Gasteiger partial charge in [0.15, 0.2) is 0 Å². The second-order valence-electron chi connectivity index (χ2n) is 7.88. The van der Waals surface area contributed by atoms with Crippen molar-refractivity contribution in [2.75, 3.05) is 39.3 Å². The summed E-state index contributed by atoms with van der Waals surface area (Å²) in [6, 6.07) is 13.0. The summed E-state index contributed by atoms with van der Waals surface area (Å²) in [5, 5.41) is 1.99. The van der Waals surface area contributed by atoms with E-state index in [1.54, 1.807) is 12.1 Å². The van der Waals surface area contributed by atoms with Crippen LogP contribution in [0.4, 0.5) is 0 Å². The van der Waals surface area contributed by atoms with Gasteiger partial charge in [-0.15, -0.1) is 0 Å². The van der Waals surface area contributed by atoms with Crippen LogP contribution in [-0.2, 0) is 10.0 Å². The quantitative estimate of drug-likeness (QED) is 0.653. The van der Waals surface area contributed by atoms with Crippen LogP contribution in [0.2, 0.25) is 0 Å². The first kappa shape index (κ1) is 21.2. The van der Waals surface area contributed by atoms with E-state index in [4.69, 9.17) is 0 Å². The number of piperazine rings is 1. The Bertz CT molecular complexity index is 861. The molecule has 0 aliphatic carbocycles. The van der Waals surface area contributed by atoms with E-state index in [0.29, 0.717) is 4.90 Å². The largest absolute Gasteiger partial charge is 0.301 e. The van der Waals surface area contributed by atoms with E-state index in [1.165, 1.54) is 25.8 Å². The fraction of sp³-hybridized carbons (Fsp3) is 0.545. The Morgan fingerprint density at radius 2 is 1.64 bits per heavy atom. The Balaban J connectivity index is 1.51. The van der Waals surface area contributed by atoms with E-state index in [1.807, 2.05) is 37.3 Å². The third-order valence-electron chi connectivity index (χ3n) is 5.46. The molecule has 1 atom stereocenters. The molecule has 28 heavy (non-hydrogen) atoms. The lowest BCUT2D eigenvalue weighted by molar-refractivity contribution is 0.125. The molecule has 0 bridgehead atoms. The molecule has 3 rings (SSSR count). The molecule has 154 valence electrons. The van der Waals surface area contributed by atoms with Gasteiger partial charge >= 0.3 is 0 Å². The van der Waals surface area contributed by atoms with Gasteiger partial charge in [-0.25, -0.2) is 13.1 Å². The number of rotatable bonds is 9. The molecule has 5 nitrogen and oxygen atoms in total. The molecule has 1 saturated heterocycles. The summed E-state index contributed by atoms with van der Waals surface area (Å²) < 4.78 is 28.4. The van der Waals surface area contributed by atoms with Crippen LogP contribution in [0.5, 0.6) is 0 Å². The summed E-state index contributed by atoms with van der Waals surface area (Å²) in [6.07, 6.45) is 3.83. The smallest absolute Gasteiger partial charge is 0.240 e. The van der Waals surface area contributed by atoms with Crippen molar-refractivity contribution in [3.8, 4) is 0 Å². The van der Waals surface area contributed by atoms with Gasteiger partial charge in [0.1, 0.15) is 0 Å². The average Bonchev–Trinajstić information content (AvgIpc) is 2.68. The van der Waals surface area contributed by atoms with Gasteiger partial charge < -0.3 is 4.90 Å². The van der Waals surface area contributed by atoms with Gasteiger partial charge in [-0.1, -0.05) is 50.1 Å². The summed E-state index contributed by atoms with van der Waals surface area (Å²) >= 11 is 0. The molecular formula is C22H33N3O2S. The molecule has 0 aromatic heterocycles. The second-order valence-corrected chi connectivity index (χ2v) is 9.59. The number of hydrogen-bond donors (Lipinski definition) is 1. The van der Waals surface area contributed by atoms with Crippen molar-refractivity contribution in [1.82, 2.24) is 14.5 Å². The minimum Gasteiger partial charge on any atom is -0.301 e. The van der Waals surface area contributed by atoms with Gasteiger partial charge in [0.25, 0.3) is 0 Å². The maximum atomic E-state index is 12.8. The fourth-order valence-corrected chi connectivity index (χ4v) is 5.14. The topological polar surface area (TPSA) is 52.6 Å². The number of fused-ring (bicyclic) bond motifs is 1. The van der Waals surface area contributed by atoms with Crippen molar-refractivity contribution in [3.05, 3.63) is 42.5 Å². The molecule has 1 aliphatic heterocycles. The first-order valence-electron chi connectivity index (χ1n) is 10.4. The molecule has 1 aliphatic rings. The first-order chi connectivity index (χ1) is 13.5. The number of nitrogens with one attached hydrogen (secondary N) is 1. The van der Waals surface area contributed by atoms with Gasteiger partial charge in [0.05, 0.1) is 4.90 Å². The van der Waals surface area contributed by atoms with Crippen molar-refractivity contribution in [1.29, 1.82) is 0 Å². The highest BCUT2D eigenvalue weighted by atomic mass is 32.2. The van der Waals surface area contributed by atoms with Crippen LogP contribution in [0.15, 0.2) is 47.4 Å². The number of benzene rings is 2. The van der Waals surface area contributed by atoms with Crippen molar-refractivity contribution >= 4 is 20.8 Å². The van der Waals surface area contributed by atoms with Crippen LogP contribution >= 0.6 is 0 Å². The van der Waals surface area contributed by atoms with Crippen molar-refractivity contribution in [3.63, 3.8) is 0 Å². The molecule has 0 spiro atoms. The summed E-state index contributed by atoms with van der Waals surface area (Å²) in [5.74, 6) is 0. The van der Waals surface area contributed by atoms with E-state index >= 15 is 0 Å². The maximum Gasteiger partial charge on any atom is 0.240 e. The van der Waals surface area contributed by atoms with Gasteiger partial charge in [0.2, 0.25) is 10.0 Å². The van der Waals surface area contributed by atoms with Crippen LogP contribution in [0.1, 0.15) is 33.1 Å². The van der Waals surface area contributed by atoms with E-state index in [-0.39, 0.29) is 6.04 Å². The van der Waals surface area contributed by atoms with Crippen LogP contribution in [0.3, 0.4) is 0 Å². The lowest BCUT2D eigenvalue weighted by Crippen LogP contribution is -2.50. The molecule has 0 amide bonds. The van der Waals surface area contributed by atoms with E-state index in [9.17, 15) is 8.42 Å². The predicted octanol–water partition coefficient (Wildman–Crippen LogP) is 3.31. The molecule has 1 N–H and O–H groups in total. The minimum absolute atomic E-state index is 0.122. The maximum absolute atomic E-state index is 12.8. The zero-order valence-corrected chi connectivity index (χ0v) is 17.9. The molecule has 0 unspecified atom stereocenters. The Labute approximate surface area is 169 Å². The highest BCUT2D eigenvalue weighted by Gasteiger charge is 2.22. The summed E-state index contributed by atoms with van der Waals surface area (Å²) in [7, 11) is -3.51. The molecule has 0 saturated carbocycles. The molecule has 1 heterocycles. The SMILES string of the molecule is CCCCCN1CCN(C[C@@H](C)NS(=O)(=O)c2ccc3ccccc3c2)CC1. The Hall–Kier alpha value is -1.47. The zero-order valence-electron chi connectivity index (χ0n) is 17.1. The van der Waals surface area contributed by atoms with Crippen LogP contribution in [0.25, 0.3) is 10.8 Å². The summed E-state index contributed by atoms with van der Waals surface area (Å²) in [6.45, 7) is 10.3. The highest BCUT2D eigenvalue weighted by Crippen LogP contribution is 2.19. The molecule has 1 fully saturated rings. The third-order valence-corrected chi connectivity index (χ3v) is 7.05. The average molecular weight is 404 g/mol. The van der Waals surface area contributed by atoms with E-state index < -0.39 is 10.0 Å². The minimum atomic E-state index is -3.51. The van der Waals surface area contributed by atoms with Crippen molar-refractivity contribution in [2.45, 2.75) is 44.0 Å². The molecular weight excluding hydrogens is 370 g/mol. The van der Waals surface area contributed by atoms with Gasteiger partial charge in [0, 0.05) is 38.8 Å². The van der Waals surface area contributed by atoms with Crippen LogP contribution < -0.4 is 4.72 Å². The lowest BCUT2D eigenvalue weighted by Gasteiger charge is -2.36. The van der Waals surface area contributed by atoms with E-state index in [2.05, 4.69) is 21.4 Å². The Morgan fingerprint density at radius 3 is 2.36 bits per heavy atom. The summed E-state index contributed by atoms with van der Waals surface area (Å²) in [4.78, 5) is 5.22. The van der Waals surface area contributed by atoms with Gasteiger partial charge in [-0.2, -0.15) is 0 Å². The second kappa shape index (κ2) is 9.83. The Morgan fingerprint density at radius 1 is 0.964 bits per heavy atom. The van der Waals surface area contributed by atoms with E-state index in [0.717, 1.165) is 43.5 Å². The fourth-order valence-electron chi connectivity index (χ4n) is 3.87. The number of unbranched alkanes of at least 4 members (excludes halogenated alkanes) is 2. The normalized spacial score (nSPS) is 17.8. The zero-order chi connectivity index (χ0) is 20.0. The highest BCUT2D eigenvalue weighted by molar-refractivity contribution is 7.89. The predicted molar refractivity (Wildman–Crippen MR) is 116 cm³/mol. The van der Waals surface area contributed by atoms with Crippen molar-refractivity contribution in [2.24, 2.45) is 0 Å². The standard InChI is InChI=1S/C22H33N3O2S/c1-3-4-7-12-24-13-15-25(16-14-24)18-19(2)23-28(26,27)22-11-10-20-8-5-6-9-21(20)17-22/h5-6,8-11,17,19,23H,3-4,7,12-16,18H2,1-2H3/t19-/m1/s1. The molecule has 0 radical (unpaired) electrons. The van der Waals surface area contributed by atoms with Gasteiger partial charge in [-0.05, 0) is 42.8 Å². The molecule has 2 aromatic rings.